The van der Waals surface area contributed by atoms with E-state index in [-0.39, 0.29) is 5.91 Å². The maximum Gasteiger partial charge on any atom is 0.256 e. The van der Waals surface area contributed by atoms with Crippen LogP contribution >= 0.6 is 23.2 Å². The molecule has 0 unspecified atom stereocenters. The van der Waals surface area contributed by atoms with Gasteiger partial charge < -0.3 is 5.32 Å². The van der Waals surface area contributed by atoms with E-state index in [9.17, 15) is 4.79 Å². The highest BCUT2D eigenvalue weighted by Gasteiger charge is 2.32. The van der Waals surface area contributed by atoms with E-state index in [0.29, 0.717) is 13.0 Å². The molecule has 12 heavy (non-hydrogen) atoms. The Balaban J connectivity index is 2.53. The van der Waals surface area contributed by atoms with Gasteiger partial charge in [0.15, 0.2) is 4.33 Å². The van der Waals surface area contributed by atoms with E-state index in [1.165, 1.54) is 0 Å². The molecule has 1 aliphatic heterocycles. The normalized spacial score (nSPS) is 25.0. The lowest BCUT2D eigenvalue weighted by Crippen LogP contribution is -2.38. The van der Waals surface area contributed by atoms with Crippen molar-refractivity contribution in [1.29, 1.82) is 0 Å². The van der Waals surface area contributed by atoms with E-state index < -0.39 is 4.33 Å². The first kappa shape index (κ1) is 10.1. The van der Waals surface area contributed by atoms with Crippen LogP contribution in [0, 0.1) is 0 Å². The maximum atomic E-state index is 11.3. The van der Waals surface area contributed by atoms with Crippen molar-refractivity contribution in [2.75, 3.05) is 6.54 Å². The number of halogens is 2. The van der Waals surface area contributed by atoms with Crippen LogP contribution in [0.3, 0.4) is 0 Å². The zero-order chi connectivity index (χ0) is 9.03. The van der Waals surface area contributed by atoms with E-state index in [1.807, 2.05) is 0 Å². The van der Waals surface area contributed by atoms with Gasteiger partial charge in [-0.2, -0.15) is 0 Å². The third-order valence-electron chi connectivity index (χ3n) is 2.04. The van der Waals surface area contributed by atoms with Crippen molar-refractivity contribution < 1.29 is 4.79 Å². The van der Waals surface area contributed by atoms with Crippen LogP contribution in [-0.2, 0) is 4.79 Å². The van der Waals surface area contributed by atoms with Crippen LogP contribution in [0.15, 0.2) is 0 Å². The third kappa shape index (κ3) is 2.83. The van der Waals surface area contributed by atoms with Crippen molar-refractivity contribution in [3.05, 3.63) is 0 Å². The fourth-order valence-corrected chi connectivity index (χ4v) is 1.67. The zero-order valence-corrected chi connectivity index (χ0v) is 8.42. The molecule has 0 aliphatic carbocycles. The van der Waals surface area contributed by atoms with E-state index in [1.54, 1.807) is 0 Å². The highest BCUT2D eigenvalue weighted by Crippen LogP contribution is 2.28. The SMILES string of the molecule is O=C1NCCCCCCC1(Cl)Cl. The van der Waals surface area contributed by atoms with E-state index >= 15 is 0 Å². The van der Waals surface area contributed by atoms with Gasteiger partial charge in [0.25, 0.3) is 5.91 Å². The zero-order valence-electron chi connectivity index (χ0n) is 6.91. The molecule has 0 spiro atoms. The number of nitrogens with one attached hydrogen (secondary N) is 1. The van der Waals surface area contributed by atoms with Crippen LogP contribution in [0.5, 0.6) is 0 Å². The molecule has 0 saturated carbocycles. The van der Waals surface area contributed by atoms with E-state index in [4.69, 9.17) is 23.2 Å². The highest BCUT2D eigenvalue weighted by molar-refractivity contribution is 6.58. The Labute approximate surface area is 82.6 Å². The van der Waals surface area contributed by atoms with Crippen LogP contribution in [0.4, 0.5) is 0 Å². The molecule has 1 amide bonds. The molecule has 1 fully saturated rings. The van der Waals surface area contributed by atoms with Crippen LogP contribution in [-0.4, -0.2) is 16.8 Å². The first-order valence-corrected chi connectivity index (χ1v) is 5.05. The lowest BCUT2D eigenvalue weighted by Gasteiger charge is -2.16. The second-order valence-corrected chi connectivity index (χ2v) is 4.61. The van der Waals surface area contributed by atoms with Gasteiger partial charge in [0.2, 0.25) is 0 Å². The van der Waals surface area contributed by atoms with Crippen molar-refractivity contribution in [3.63, 3.8) is 0 Å². The molecule has 70 valence electrons. The number of carbonyl (C=O) groups excluding carboxylic acids is 1. The molecular formula is C8H13Cl2NO. The van der Waals surface area contributed by atoms with Crippen LogP contribution in [0.2, 0.25) is 0 Å². The summed E-state index contributed by atoms with van der Waals surface area (Å²) in [6.07, 6.45) is 4.76. The molecule has 2 nitrogen and oxygen atoms in total. The number of carbonyl (C=O) groups is 1. The van der Waals surface area contributed by atoms with Gasteiger partial charge in [0.05, 0.1) is 0 Å². The molecule has 1 aliphatic rings. The summed E-state index contributed by atoms with van der Waals surface area (Å²) in [6, 6.07) is 0. The van der Waals surface area contributed by atoms with Gasteiger partial charge in [-0.3, -0.25) is 4.79 Å². The van der Waals surface area contributed by atoms with Gasteiger partial charge in [-0.15, -0.1) is 0 Å². The number of rotatable bonds is 0. The maximum absolute atomic E-state index is 11.3. The molecule has 1 saturated heterocycles. The fourth-order valence-electron chi connectivity index (χ4n) is 1.27. The van der Waals surface area contributed by atoms with Gasteiger partial charge in [-0.25, -0.2) is 0 Å². The third-order valence-corrected chi connectivity index (χ3v) is 2.76. The van der Waals surface area contributed by atoms with E-state index in [0.717, 1.165) is 25.7 Å². The summed E-state index contributed by atoms with van der Waals surface area (Å²) in [5.41, 5.74) is 0. The lowest BCUT2D eigenvalue weighted by molar-refractivity contribution is -0.121. The molecular weight excluding hydrogens is 197 g/mol. The highest BCUT2D eigenvalue weighted by atomic mass is 35.5. The Morgan fingerprint density at radius 2 is 1.83 bits per heavy atom. The molecule has 1 heterocycles. The monoisotopic (exact) mass is 209 g/mol. The first-order valence-electron chi connectivity index (χ1n) is 4.29. The molecule has 0 aromatic carbocycles. The Morgan fingerprint density at radius 1 is 1.17 bits per heavy atom. The summed E-state index contributed by atoms with van der Waals surface area (Å²) in [7, 11) is 0. The number of alkyl halides is 2. The number of hydrogen-bond donors (Lipinski definition) is 1. The van der Waals surface area contributed by atoms with Gasteiger partial charge in [0.1, 0.15) is 0 Å². The molecule has 1 rings (SSSR count). The van der Waals surface area contributed by atoms with Crippen molar-refractivity contribution in [1.82, 2.24) is 5.32 Å². The largest absolute Gasteiger partial charge is 0.353 e. The Hall–Kier alpha value is 0.0500. The predicted octanol–water partition coefficient (Wildman–Crippen LogP) is 2.24. The summed E-state index contributed by atoms with van der Waals surface area (Å²) in [5.74, 6) is -0.243. The molecule has 4 heteroatoms. The predicted molar refractivity (Wildman–Crippen MR) is 50.5 cm³/mol. The van der Waals surface area contributed by atoms with Crippen molar-refractivity contribution >= 4 is 29.1 Å². The first-order chi connectivity index (χ1) is 5.63. The van der Waals surface area contributed by atoms with Crippen LogP contribution in [0.25, 0.3) is 0 Å². The lowest BCUT2D eigenvalue weighted by atomic mass is 10.1. The van der Waals surface area contributed by atoms with E-state index in [2.05, 4.69) is 5.32 Å². The Bertz CT molecular complexity index is 170. The fraction of sp³-hybridized carbons (Fsp3) is 0.875. The molecule has 0 bridgehead atoms. The molecule has 0 radical (unpaired) electrons. The summed E-state index contributed by atoms with van der Waals surface area (Å²) in [5, 5.41) is 2.71. The summed E-state index contributed by atoms with van der Waals surface area (Å²) in [6.45, 7) is 0.694. The molecule has 0 atom stereocenters. The van der Waals surface area contributed by atoms with Gasteiger partial charge >= 0.3 is 0 Å². The minimum atomic E-state index is -1.20. The molecule has 1 N–H and O–H groups in total. The average molecular weight is 210 g/mol. The van der Waals surface area contributed by atoms with Crippen molar-refractivity contribution in [3.8, 4) is 0 Å². The van der Waals surface area contributed by atoms with Crippen LogP contribution in [0.1, 0.15) is 32.1 Å². The van der Waals surface area contributed by atoms with Crippen molar-refractivity contribution in [2.24, 2.45) is 0 Å². The second-order valence-electron chi connectivity index (χ2n) is 3.12. The summed E-state index contributed by atoms with van der Waals surface area (Å²) < 4.78 is -1.20. The van der Waals surface area contributed by atoms with Gasteiger partial charge in [-0.05, 0) is 19.3 Å². The number of amides is 1. The topological polar surface area (TPSA) is 29.1 Å². The molecule has 0 aromatic heterocycles. The average Bonchev–Trinajstić information content (AvgIpc) is 2.06. The van der Waals surface area contributed by atoms with Gasteiger partial charge in [0, 0.05) is 6.54 Å². The minimum Gasteiger partial charge on any atom is -0.353 e. The molecule has 0 aromatic rings. The summed E-state index contributed by atoms with van der Waals surface area (Å²) in [4.78, 5) is 11.3. The minimum absolute atomic E-state index is 0.243. The van der Waals surface area contributed by atoms with Gasteiger partial charge in [-0.1, -0.05) is 36.0 Å². The Morgan fingerprint density at radius 3 is 2.58 bits per heavy atom. The standard InChI is InChI=1S/C8H13Cl2NO/c9-8(10)5-3-1-2-4-6-11-7(8)12/h1-6H2,(H,11,12). The summed E-state index contributed by atoms with van der Waals surface area (Å²) >= 11 is 11.7. The number of hydrogen-bond acceptors (Lipinski definition) is 1. The second kappa shape index (κ2) is 4.33. The van der Waals surface area contributed by atoms with Crippen LogP contribution < -0.4 is 5.32 Å². The smallest absolute Gasteiger partial charge is 0.256 e. The quantitative estimate of drug-likeness (QED) is 0.610. The Kier molecular flexibility index (Phi) is 3.66. The van der Waals surface area contributed by atoms with Crippen molar-refractivity contribution in [2.45, 2.75) is 36.4 Å².